The highest BCUT2D eigenvalue weighted by atomic mass is 79.9. The number of hydrogen-bond acceptors (Lipinski definition) is 1. The van der Waals surface area contributed by atoms with Gasteiger partial charge in [-0.1, -0.05) is 0 Å². The molecule has 0 aliphatic carbocycles. The average Bonchev–Trinajstić information content (AvgIpc) is 1.96. The number of alkyl halides is 3. The van der Waals surface area contributed by atoms with E-state index in [2.05, 4.69) is 42.7 Å². The van der Waals surface area contributed by atoms with Gasteiger partial charge in [0.1, 0.15) is 5.75 Å². The topological polar surface area (TPSA) is 9.23 Å². The zero-order valence-corrected chi connectivity index (χ0v) is 9.12. The fourth-order valence-corrected chi connectivity index (χ4v) is 1.27. The quantitative estimate of drug-likeness (QED) is 0.763. The molecule has 0 aliphatic heterocycles. The van der Waals surface area contributed by atoms with Crippen molar-refractivity contribution in [1.29, 1.82) is 0 Å². The van der Waals surface area contributed by atoms with Crippen molar-refractivity contribution in [1.82, 2.24) is 0 Å². The van der Waals surface area contributed by atoms with Gasteiger partial charge >= 0.3 is 6.36 Å². The molecular formula is C7H2Br2F3O. The first kappa shape index (κ1) is 10.8. The molecular weight excluding hydrogens is 317 g/mol. The summed E-state index contributed by atoms with van der Waals surface area (Å²) in [5.74, 6) is -0.318. The summed E-state index contributed by atoms with van der Waals surface area (Å²) in [6.07, 6.45) is -4.68. The van der Waals surface area contributed by atoms with Gasteiger partial charge in [0.05, 0.1) is 4.47 Å². The van der Waals surface area contributed by atoms with Crippen LogP contribution in [0.25, 0.3) is 0 Å². The van der Waals surface area contributed by atoms with Crippen LogP contribution in [0.15, 0.2) is 21.1 Å². The summed E-state index contributed by atoms with van der Waals surface area (Å²) in [4.78, 5) is 0. The molecule has 1 radical (unpaired) electrons. The van der Waals surface area contributed by atoms with E-state index in [0.29, 0.717) is 4.47 Å². The number of ether oxygens (including phenoxy) is 1. The van der Waals surface area contributed by atoms with Gasteiger partial charge in [-0.05, 0) is 50.1 Å². The van der Waals surface area contributed by atoms with Crippen molar-refractivity contribution in [2.24, 2.45) is 0 Å². The van der Waals surface area contributed by atoms with Gasteiger partial charge in [0, 0.05) is 4.47 Å². The minimum absolute atomic E-state index is 0.212. The molecule has 0 aliphatic rings. The molecule has 1 nitrogen and oxygen atoms in total. The lowest BCUT2D eigenvalue weighted by Gasteiger charge is -2.10. The Hall–Kier alpha value is -0.230. The third kappa shape index (κ3) is 3.19. The van der Waals surface area contributed by atoms with Gasteiger partial charge in [-0.3, -0.25) is 0 Å². The summed E-state index contributed by atoms with van der Waals surface area (Å²) in [6, 6.07) is 5.07. The predicted molar refractivity (Wildman–Crippen MR) is 47.4 cm³/mol. The molecule has 0 N–H and O–H groups in total. The van der Waals surface area contributed by atoms with E-state index in [1.807, 2.05) is 0 Å². The number of benzene rings is 1. The minimum atomic E-state index is -4.68. The molecule has 0 spiro atoms. The second-order valence-electron chi connectivity index (χ2n) is 2.03. The zero-order chi connectivity index (χ0) is 10.1. The van der Waals surface area contributed by atoms with E-state index in [1.54, 1.807) is 0 Å². The van der Waals surface area contributed by atoms with E-state index in [4.69, 9.17) is 0 Å². The van der Waals surface area contributed by atoms with Crippen LogP contribution in [-0.4, -0.2) is 6.36 Å². The van der Waals surface area contributed by atoms with Crippen LogP contribution in [-0.2, 0) is 0 Å². The maximum atomic E-state index is 11.8. The lowest BCUT2D eigenvalue weighted by atomic mass is 10.3. The van der Waals surface area contributed by atoms with Crippen molar-refractivity contribution < 1.29 is 17.9 Å². The Morgan fingerprint density at radius 3 is 2.38 bits per heavy atom. The molecule has 0 amide bonds. The van der Waals surface area contributed by atoms with Crippen LogP contribution < -0.4 is 4.74 Å². The van der Waals surface area contributed by atoms with Gasteiger partial charge < -0.3 is 4.74 Å². The molecule has 0 aromatic heterocycles. The Balaban J connectivity index is 2.96. The Morgan fingerprint density at radius 2 is 1.85 bits per heavy atom. The molecule has 1 rings (SSSR count). The molecule has 0 saturated heterocycles. The van der Waals surface area contributed by atoms with Gasteiger partial charge in [-0.25, -0.2) is 0 Å². The van der Waals surface area contributed by atoms with E-state index in [-0.39, 0.29) is 10.2 Å². The highest BCUT2D eigenvalue weighted by molar-refractivity contribution is 9.13. The molecule has 71 valence electrons. The number of rotatable bonds is 1. The summed E-state index contributed by atoms with van der Waals surface area (Å²) < 4.78 is 39.7. The third-order valence-corrected chi connectivity index (χ3v) is 3.05. The SMILES string of the molecule is FC(F)(F)Oc1c[c]cc(Br)c1Br. The van der Waals surface area contributed by atoms with E-state index in [0.717, 1.165) is 6.07 Å². The summed E-state index contributed by atoms with van der Waals surface area (Å²) in [5.41, 5.74) is 0. The Morgan fingerprint density at radius 1 is 1.23 bits per heavy atom. The van der Waals surface area contributed by atoms with Gasteiger partial charge in [0.15, 0.2) is 0 Å². The number of halogens is 5. The standard InChI is InChI=1S/C7H2Br2F3O/c8-4-2-1-3-5(6(4)9)13-7(10,11)12/h2-3H. The summed E-state index contributed by atoms with van der Waals surface area (Å²) >= 11 is 5.97. The first-order valence-corrected chi connectivity index (χ1v) is 4.59. The van der Waals surface area contributed by atoms with Crippen LogP contribution in [0.5, 0.6) is 5.75 Å². The molecule has 0 fully saturated rings. The second-order valence-corrected chi connectivity index (χ2v) is 3.68. The second kappa shape index (κ2) is 3.88. The third-order valence-electron chi connectivity index (χ3n) is 1.08. The van der Waals surface area contributed by atoms with Crippen LogP contribution in [0, 0.1) is 6.07 Å². The molecule has 0 atom stereocenters. The molecule has 1 aromatic rings. The first-order valence-electron chi connectivity index (χ1n) is 3.01. The molecule has 0 heterocycles. The summed E-state index contributed by atoms with van der Waals surface area (Å²) in [6.45, 7) is 0. The minimum Gasteiger partial charge on any atom is -0.405 e. The van der Waals surface area contributed by atoms with Gasteiger partial charge in [-0.2, -0.15) is 0 Å². The van der Waals surface area contributed by atoms with E-state index < -0.39 is 6.36 Å². The van der Waals surface area contributed by atoms with E-state index >= 15 is 0 Å². The van der Waals surface area contributed by atoms with Crippen LogP contribution in [0.2, 0.25) is 0 Å². The van der Waals surface area contributed by atoms with Crippen molar-refractivity contribution in [3.8, 4) is 5.75 Å². The number of hydrogen-bond donors (Lipinski definition) is 0. The Kier molecular flexibility index (Phi) is 3.23. The Labute approximate surface area is 89.1 Å². The van der Waals surface area contributed by atoms with Crippen LogP contribution >= 0.6 is 31.9 Å². The average molecular weight is 319 g/mol. The van der Waals surface area contributed by atoms with Gasteiger partial charge in [0.25, 0.3) is 0 Å². The summed E-state index contributed by atoms with van der Waals surface area (Å²) in [5, 5.41) is 0. The van der Waals surface area contributed by atoms with E-state index in [1.165, 1.54) is 6.07 Å². The predicted octanol–water partition coefficient (Wildman–Crippen LogP) is 3.91. The smallest absolute Gasteiger partial charge is 0.405 e. The molecule has 1 aromatic carbocycles. The summed E-state index contributed by atoms with van der Waals surface area (Å²) in [7, 11) is 0. The molecule has 0 bridgehead atoms. The van der Waals surface area contributed by atoms with Crippen LogP contribution in [0.1, 0.15) is 0 Å². The first-order chi connectivity index (χ1) is 5.90. The highest BCUT2D eigenvalue weighted by Crippen LogP contribution is 2.35. The maximum Gasteiger partial charge on any atom is 0.573 e. The van der Waals surface area contributed by atoms with Crippen molar-refractivity contribution in [2.45, 2.75) is 6.36 Å². The van der Waals surface area contributed by atoms with Gasteiger partial charge in [0.2, 0.25) is 0 Å². The fourth-order valence-electron chi connectivity index (χ4n) is 0.634. The highest BCUT2D eigenvalue weighted by Gasteiger charge is 2.32. The maximum absolute atomic E-state index is 11.8. The molecule has 0 saturated carbocycles. The lowest BCUT2D eigenvalue weighted by Crippen LogP contribution is -2.17. The fraction of sp³-hybridized carbons (Fsp3) is 0.143. The van der Waals surface area contributed by atoms with E-state index in [9.17, 15) is 13.2 Å². The van der Waals surface area contributed by atoms with Crippen molar-refractivity contribution in [3.05, 3.63) is 27.1 Å². The lowest BCUT2D eigenvalue weighted by molar-refractivity contribution is -0.274. The van der Waals surface area contributed by atoms with Crippen LogP contribution in [0.3, 0.4) is 0 Å². The van der Waals surface area contributed by atoms with Crippen molar-refractivity contribution in [3.63, 3.8) is 0 Å². The zero-order valence-electron chi connectivity index (χ0n) is 5.95. The van der Waals surface area contributed by atoms with Gasteiger partial charge in [-0.15, -0.1) is 13.2 Å². The molecule has 6 heteroatoms. The Bertz CT molecular complexity index is 311. The monoisotopic (exact) mass is 317 g/mol. The normalized spacial score (nSPS) is 11.5. The van der Waals surface area contributed by atoms with Crippen LogP contribution in [0.4, 0.5) is 13.2 Å². The molecule has 0 unspecified atom stereocenters. The van der Waals surface area contributed by atoms with Crippen molar-refractivity contribution in [2.75, 3.05) is 0 Å². The molecule has 13 heavy (non-hydrogen) atoms. The largest absolute Gasteiger partial charge is 0.573 e. The van der Waals surface area contributed by atoms with Crippen molar-refractivity contribution >= 4 is 31.9 Å².